The van der Waals surface area contributed by atoms with Gasteiger partial charge >= 0.3 is 5.97 Å². The molecule has 2 N–H and O–H groups in total. The fourth-order valence-electron chi connectivity index (χ4n) is 2.67. The van der Waals surface area contributed by atoms with E-state index >= 15 is 0 Å². The van der Waals surface area contributed by atoms with Crippen LogP contribution in [0.1, 0.15) is 61.3 Å². The molecular weight excluding hydrogens is 310 g/mol. The second-order valence-corrected chi connectivity index (χ2v) is 7.49. The summed E-state index contributed by atoms with van der Waals surface area (Å²) >= 11 is 0. The van der Waals surface area contributed by atoms with Gasteiger partial charge in [-0.05, 0) is 30.7 Å². The van der Waals surface area contributed by atoms with Crippen LogP contribution in [0.25, 0.3) is 11.1 Å². The van der Waals surface area contributed by atoms with Crippen LogP contribution in [0.3, 0.4) is 0 Å². The van der Waals surface area contributed by atoms with Crippen LogP contribution in [-0.2, 0) is 11.2 Å². The SMILES string of the molecule is CC(C)(C)Cc1noc2nc(C3CC3)cc(C(=O)NCC(=O)O)c12. The highest BCUT2D eigenvalue weighted by Gasteiger charge is 2.30. The van der Waals surface area contributed by atoms with Crippen molar-refractivity contribution in [1.82, 2.24) is 15.5 Å². The molecule has 7 nitrogen and oxygen atoms in total. The Morgan fingerprint density at radius 3 is 2.67 bits per heavy atom. The first-order valence-corrected chi connectivity index (χ1v) is 8.04. The summed E-state index contributed by atoms with van der Waals surface area (Å²) in [4.78, 5) is 27.7. The Balaban J connectivity index is 2.06. The minimum absolute atomic E-state index is 0.0340. The third-order valence-electron chi connectivity index (χ3n) is 3.88. The van der Waals surface area contributed by atoms with Crippen molar-refractivity contribution in [3.8, 4) is 0 Å². The van der Waals surface area contributed by atoms with Crippen molar-refractivity contribution in [3.63, 3.8) is 0 Å². The molecular formula is C17H21N3O4. The molecule has 0 atom stereocenters. The normalized spacial score (nSPS) is 14.8. The van der Waals surface area contributed by atoms with E-state index in [1.807, 2.05) is 0 Å². The number of nitrogens with zero attached hydrogens (tertiary/aromatic N) is 2. The first-order valence-electron chi connectivity index (χ1n) is 8.04. The Morgan fingerprint density at radius 1 is 1.38 bits per heavy atom. The van der Waals surface area contributed by atoms with Gasteiger partial charge < -0.3 is 14.9 Å². The van der Waals surface area contributed by atoms with Crippen LogP contribution in [0.15, 0.2) is 10.6 Å². The minimum atomic E-state index is -1.09. The number of carboxylic acids is 1. The fourth-order valence-corrected chi connectivity index (χ4v) is 2.67. The van der Waals surface area contributed by atoms with Crippen LogP contribution in [0.2, 0.25) is 0 Å². The molecule has 128 valence electrons. The van der Waals surface area contributed by atoms with E-state index in [1.165, 1.54) is 0 Å². The molecule has 3 rings (SSSR count). The second kappa shape index (κ2) is 5.89. The van der Waals surface area contributed by atoms with E-state index in [9.17, 15) is 9.59 Å². The Bertz CT molecular complexity index is 800. The zero-order valence-electron chi connectivity index (χ0n) is 14.0. The molecule has 0 aromatic carbocycles. The molecule has 0 radical (unpaired) electrons. The molecule has 1 amide bonds. The summed E-state index contributed by atoms with van der Waals surface area (Å²) in [6.07, 6.45) is 2.71. The molecule has 7 heteroatoms. The van der Waals surface area contributed by atoms with Crippen LogP contribution < -0.4 is 5.32 Å². The van der Waals surface area contributed by atoms with Gasteiger partial charge in [-0.15, -0.1) is 0 Å². The number of rotatable bonds is 5. The Kier molecular flexibility index (Phi) is 4.03. The number of pyridine rings is 1. The molecule has 1 saturated carbocycles. The number of nitrogens with one attached hydrogen (secondary N) is 1. The van der Waals surface area contributed by atoms with Gasteiger partial charge in [-0.3, -0.25) is 9.59 Å². The molecule has 2 aromatic heterocycles. The third-order valence-corrected chi connectivity index (χ3v) is 3.88. The average Bonchev–Trinajstić information content (AvgIpc) is 3.26. The van der Waals surface area contributed by atoms with Crippen molar-refractivity contribution >= 4 is 23.0 Å². The van der Waals surface area contributed by atoms with Gasteiger partial charge in [0.1, 0.15) is 6.54 Å². The predicted octanol–water partition coefficient (Wildman–Crippen LogP) is 2.50. The molecule has 1 aliphatic carbocycles. The summed E-state index contributed by atoms with van der Waals surface area (Å²) in [5.74, 6) is -1.18. The largest absolute Gasteiger partial charge is 0.480 e. The smallest absolute Gasteiger partial charge is 0.322 e. The van der Waals surface area contributed by atoms with Gasteiger partial charge in [-0.2, -0.15) is 0 Å². The van der Waals surface area contributed by atoms with E-state index in [4.69, 9.17) is 9.63 Å². The number of hydrogen-bond donors (Lipinski definition) is 2. The van der Waals surface area contributed by atoms with E-state index < -0.39 is 18.4 Å². The first-order chi connectivity index (χ1) is 11.2. The molecule has 0 saturated heterocycles. The molecule has 2 aromatic rings. The van der Waals surface area contributed by atoms with Crippen LogP contribution >= 0.6 is 0 Å². The molecule has 1 aliphatic rings. The number of hydrogen-bond acceptors (Lipinski definition) is 5. The van der Waals surface area contributed by atoms with Crippen molar-refractivity contribution < 1.29 is 19.2 Å². The highest BCUT2D eigenvalue weighted by atomic mass is 16.5. The lowest BCUT2D eigenvalue weighted by atomic mass is 9.89. The molecule has 0 aliphatic heterocycles. The Labute approximate surface area is 139 Å². The zero-order chi connectivity index (χ0) is 17.5. The number of fused-ring (bicyclic) bond motifs is 1. The first kappa shape index (κ1) is 16.4. The van der Waals surface area contributed by atoms with Gasteiger partial charge in [0.15, 0.2) is 0 Å². The van der Waals surface area contributed by atoms with E-state index in [-0.39, 0.29) is 5.41 Å². The maximum absolute atomic E-state index is 12.5. The van der Waals surface area contributed by atoms with Gasteiger partial charge in [-0.25, -0.2) is 4.98 Å². The monoisotopic (exact) mass is 331 g/mol. The number of amides is 1. The third kappa shape index (κ3) is 3.55. The van der Waals surface area contributed by atoms with Crippen molar-refractivity contribution in [2.24, 2.45) is 5.41 Å². The standard InChI is InChI=1S/C17H21N3O4/c1-17(2,3)7-12-14-10(15(23)18-8-13(21)22)6-11(9-4-5-9)19-16(14)24-20-12/h6,9H,4-5,7-8H2,1-3H3,(H,18,23)(H,21,22). The number of aromatic nitrogens is 2. The van der Waals surface area contributed by atoms with E-state index in [0.717, 1.165) is 18.5 Å². The van der Waals surface area contributed by atoms with Crippen molar-refractivity contribution in [2.75, 3.05) is 6.54 Å². The lowest BCUT2D eigenvalue weighted by Gasteiger charge is -2.16. The quantitative estimate of drug-likeness (QED) is 0.872. The Hall–Kier alpha value is -2.44. The summed E-state index contributed by atoms with van der Waals surface area (Å²) in [5.41, 5.74) is 2.19. The topological polar surface area (TPSA) is 105 Å². The summed E-state index contributed by atoms with van der Waals surface area (Å²) in [6.45, 7) is 5.79. The van der Waals surface area contributed by atoms with E-state index in [2.05, 4.69) is 36.2 Å². The van der Waals surface area contributed by atoms with Crippen molar-refractivity contribution in [1.29, 1.82) is 0 Å². The number of aliphatic carboxylic acids is 1. The number of carbonyl (C=O) groups is 2. The van der Waals surface area contributed by atoms with Crippen LogP contribution in [0, 0.1) is 5.41 Å². The maximum atomic E-state index is 12.5. The predicted molar refractivity (Wildman–Crippen MR) is 86.9 cm³/mol. The van der Waals surface area contributed by atoms with Crippen molar-refractivity contribution in [2.45, 2.75) is 46.0 Å². The van der Waals surface area contributed by atoms with Gasteiger partial charge in [0, 0.05) is 11.6 Å². The Morgan fingerprint density at radius 2 is 2.08 bits per heavy atom. The number of carbonyl (C=O) groups excluding carboxylic acids is 1. The van der Waals surface area contributed by atoms with Crippen LogP contribution in [-0.4, -0.2) is 33.7 Å². The highest BCUT2D eigenvalue weighted by molar-refractivity contribution is 6.06. The minimum Gasteiger partial charge on any atom is -0.480 e. The number of carboxylic acid groups (broad SMARTS) is 1. The van der Waals surface area contributed by atoms with E-state index in [1.54, 1.807) is 6.07 Å². The average molecular weight is 331 g/mol. The lowest BCUT2D eigenvalue weighted by Crippen LogP contribution is -2.29. The molecule has 0 bridgehead atoms. The molecule has 24 heavy (non-hydrogen) atoms. The molecule has 0 spiro atoms. The second-order valence-electron chi connectivity index (χ2n) is 7.49. The molecule has 1 fully saturated rings. The summed E-state index contributed by atoms with van der Waals surface area (Å²) < 4.78 is 5.37. The van der Waals surface area contributed by atoms with Gasteiger partial charge in [0.2, 0.25) is 0 Å². The molecule has 0 unspecified atom stereocenters. The summed E-state index contributed by atoms with van der Waals surface area (Å²) in [7, 11) is 0. The molecule has 2 heterocycles. The van der Waals surface area contributed by atoms with Crippen molar-refractivity contribution in [3.05, 3.63) is 23.0 Å². The summed E-state index contributed by atoms with van der Waals surface area (Å²) in [5, 5.41) is 15.9. The van der Waals surface area contributed by atoms with Crippen LogP contribution in [0.5, 0.6) is 0 Å². The zero-order valence-corrected chi connectivity index (χ0v) is 14.0. The van der Waals surface area contributed by atoms with Gasteiger partial charge in [0.05, 0.1) is 16.6 Å². The highest BCUT2D eigenvalue weighted by Crippen LogP contribution is 2.40. The van der Waals surface area contributed by atoms with Gasteiger partial charge in [0.25, 0.3) is 11.6 Å². The lowest BCUT2D eigenvalue weighted by molar-refractivity contribution is -0.135. The van der Waals surface area contributed by atoms with E-state index in [0.29, 0.717) is 34.7 Å². The van der Waals surface area contributed by atoms with Crippen LogP contribution in [0.4, 0.5) is 0 Å². The van der Waals surface area contributed by atoms with Gasteiger partial charge in [-0.1, -0.05) is 25.9 Å². The fraction of sp³-hybridized carbons (Fsp3) is 0.529. The maximum Gasteiger partial charge on any atom is 0.322 e. The summed E-state index contributed by atoms with van der Waals surface area (Å²) in [6, 6.07) is 1.75.